The molecule has 3 aliphatic rings. The van der Waals surface area contributed by atoms with Gasteiger partial charge in [-0.15, -0.1) is 4.59 Å². The number of nitrogens with two attached hydrogens (primary N) is 1. The minimum Gasteiger partial charge on any atom is -0.395 e. The van der Waals surface area contributed by atoms with E-state index in [9.17, 15) is 23.1 Å². The number of amidine groups is 1. The number of rotatable bonds is 6. The number of hydrogen-bond acceptors (Lipinski definition) is 8. The Morgan fingerprint density at radius 1 is 1.26 bits per heavy atom. The van der Waals surface area contributed by atoms with Crippen LogP contribution in [0.5, 0.6) is 0 Å². The van der Waals surface area contributed by atoms with Crippen LogP contribution in [0.15, 0.2) is 76.4 Å². The van der Waals surface area contributed by atoms with E-state index in [0.717, 1.165) is 18.3 Å². The molecule has 0 radical (unpaired) electrons. The van der Waals surface area contributed by atoms with Crippen LogP contribution in [0.2, 0.25) is 0 Å². The number of alkyl halides is 3. The van der Waals surface area contributed by atoms with Gasteiger partial charge >= 0.3 is 6.18 Å². The summed E-state index contributed by atoms with van der Waals surface area (Å²) in [6.45, 7) is 2.28. The van der Waals surface area contributed by atoms with Crippen LogP contribution in [-0.2, 0) is 10.9 Å². The summed E-state index contributed by atoms with van der Waals surface area (Å²) in [5.74, 6) is 6.43. The number of aliphatic hydroxyl groups is 1. The topological polar surface area (TPSA) is 125 Å². The Morgan fingerprint density at radius 2 is 2.05 bits per heavy atom. The highest BCUT2D eigenvalue weighted by molar-refractivity contribution is 6.05. The smallest absolute Gasteiger partial charge is 0.395 e. The first-order chi connectivity index (χ1) is 18.2. The monoisotopic (exact) mass is 528 g/mol. The number of ether oxygens (including phenoxy) is 1. The van der Waals surface area contributed by atoms with Crippen LogP contribution in [0, 0.1) is 0 Å². The maximum atomic E-state index is 13.0. The van der Waals surface area contributed by atoms with Crippen LogP contribution in [0.3, 0.4) is 0 Å². The lowest BCUT2D eigenvalue weighted by Crippen LogP contribution is -2.53. The van der Waals surface area contributed by atoms with Crippen LogP contribution < -0.4 is 11.2 Å². The Morgan fingerprint density at radius 3 is 2.79 bits per heavy atom. The average molecular weight is 529 g/mol. The number of fused-ring (bicyclic) bond motifs is 1. The number of allylic oxidation sites excluding steroid dienone is 1. The van der Waals surface area contributed by atoms with E-state index < -0.39 is 17.6 Å². The fraction of sp³-hybridized carbons (Fsp3) is 0.280. The Labute approximate surface area is 215 Å². The van der Waals surface area contributed by atoms with Gasteiger partial charge in [0.25, 0.3) is 11.7 Å². The molecule has 1 fully saturated rings. The summed E-state index contributed by atoms with van der Waals surface area (Å²) in [7, 11) is 0. The van der Waals surface area contributed by atoms with Gasteiger partial charge in [-0.1, -0.05) is 0 Å². The lowest BCUT2D eigenvalue weighted by molar-refractivity contribution is -0.750. The van der Waals surface area contributed by atoms with Crippen molar-refractivity contribution in [3.63, 3.8) is 0 Å². The number of halogens is 3. The second-order valence-electron chi connectivity index (χ2n) is 8.90. The number of carbonyl (C=O) groups is 1. The summed E-state index contributed by atoms with van der Waals surface area (Å²) >= 11 is 0. The predicted molar refractivity (Wildman–Crippen MR) is 133 cm³/mol. The van der Waals surface area contributed by atoms with Crippen molar-refractivity contribution in [2.45, 2.75) is 12.3 Å². The Kier molecular flexibility index (Phi) is 6.94. The summed E-state index contributed by atoms with van der Waals surface area (Å²) < 4.78 is 44.7. The zero-order valence-corrected chi connectivity index (χ0v) is 20.1. The number of quaternary nitrogens is 1. The molecule has 10 nitrogen and oxygen atoms in total. The fourth-order valence-electron chi connectivity index (χ4n) is 4.49. The summed E-state index contributed by atoms with van der Waals surface area (Å²) in [5.41, 5.74) is 1.23. The quantitative estimate of drug-likeness (QED) is 0.390. The van der Waals surface area contributed by atoms with Gasteiger partial charge < -0.3 is 15.2 Å². The Hall–Kier alpha value is -3.75. The number of morpholine rings is 1. The van der Waals surface area contributed by atoms with Gasteiger partial charge in [0.2, 0.25) is 5.70 Å². The van der Waals surface area contributed by atoms with E-state index in [1.165, 1.54) is 12.1 Å². The number of benzene rings is 1. The zero-order chi connectivity index (χ0) is 26.9. The highest BCUT2D eigenvalue weighted by atomic mass is 19.4. The molecule has 4 N–H and O–H groups in total. The minimum atomic E-state index is -4.55. The van der Waals surface area contributed by atoms with Gasteiger partial charge in [0.15, 0.2) is 0 Å². The van der Waals surface area contributed by atoms with E-state index in [2.05, 4.69) is 20.2 Å². The molecule has 1 amide bonds. The molecule has 0 aliphatic carbocycles. The number of anilines is 1. The maximum absolute atomic E-state index is 13.0. The standard InChI is InChI=1S/C25H24F3N7O3/c26-25(27,28)18-5-6-31-21(13-18)32-24(37)17-3-1-16(2-4-17)23-33-22(19-14-30-7-10-35(19,23)29)20-15-34(8-11-36)9-12-38-20/h1-7,10,13-14,20,36H,8-9,11-12,15,29H2/p+1. The van der Waals surface area contributed by atoms with Crippen LogP contribution in [0.25, 0.3) is 0 Å². The molecule has 5 rings (SSSR count). The molecule has 38 heavy (non-hydrogen) atoms. The van der Waals surface area contributed by atoms with Crippen molar-refractivity contribution in [1.29, 1.82) is 0 Å². The zero-order valence-electron chi connectivity index (χ0n) is 20.1. The number of hydrogen-bond donors (Lipinski definition) is 3. The number of nitrogens with zero attached hydrogens (tertiary/aromatic N) is 5. The van der Waals surface area contributed by atoms with Crippen molar-refractivity contribution in [2.75, 3.05) is 38.2 Å². The number of carbonyl (C=O) groups excluding carboxylic acids is 1. The molecular formula is C25H25F3N7O3+. The number of amides is 1. The van der Waals surface area contributed by atoms with E-state index in [1.807, 2.05) is 0 Å². The first kappa shape index (κ1) is 25.9. The van der Waals surface area contributed by atoms with Gasteiger partial charge in [-0.3, -0.25) is 14.7 Å². The van der Waals surface area contributed by atoms with Crippen molar-refractivity contribution in [1.82, 2.24) is 9.88 Å². The number of aromatic nitrogens is 1. The summed E-state index contributed by atoms with van der Waals surface area (Å²) in [5, 5.41) is 11.7. The SMILES string of the molecule is N[N+]12C=CN=CC1=C(C1CN(CCO)CCO1)N=C2c1ccc(C(=O)Nc2cc(C(F)(F)F)ccn2)cc1. The van der Waals surface area contributed by atoms with E-state index in [0.29, 0.717) is 49.0 Å². The first-order valence-corrected chi connectivity index (χ1v) is 11.8. The fourth-order valence-corrected chi connectivity index (χ4v) is 4.49. The molecule has 4 heterocycles. The molecule has 2 aromatic rings. The van der Waals surface area contributed by atoms with Crippen molar-refractivity contribution >= 4 is 23.8 Å². The van der Waals surface area contributed by atoms with Gasteiger partial charge in [-0.05, 0) is 36.4 Å². The average Bonchev–Trinajstić information content (AvgIpc) is 3.22. The van der Waals surface area contributed by atoms with E-state index in [1.54, 1.807) is 30.7 Å². The summed E-state index contributed by atoms with van der Waals surface area (Å²) in [6.07, 6.45) is 0.977. The van der Waals surface area contributed by atoms with Gasteiger partial charge in [0.1, 0.15) is 23.8 Å². The van der Waals surface area contributed by atoms with Crippen LogP contribution in [-0.4, -0.2) is 76.5 Å². The molecule has 3 aliphatic heterocycles. The van der Waals surface area contributed by atoms with E-state index in [4.69, 9.17) is 15.6 Å². The third-order valence-corrected chi connectivity index (χ3v) is 6.43. The molecule has 13 heteroatoms. The van der Waals surface area contributed by atoms with Crippen molar-refractivity contribution in [3.05, 3.63) is 83.1 Å². The molecule has 198 valence electrons. The van der Waals surface area contributed by atoms with Gasteiger partial charge in [0, 0.05) is 31.4 Å². The van der Waals surface area contributed by atoms with Gasteiger partial charge in [0.05, 0.1) is 36.8 Å². The number of aliphatic hydroxyl groups excluding tert-OH is 1. The van der Waals surface area contributed by atoms with Gasteiger partial charge in [-0.25, -0.2) is 4.98 Å². The molecule has 2 atom stereocenters. The molecule has 0 bridgehead atoms. The Bertz CT molecular complexity index is 1350. The van der Waals surface area contributed by atoms with Crippen molar-refractivity contribution in [3.8, 4) is 0 Å². The second kappa shape index (κ2) is 10.2. The number of aliphatic imine (C=N–C) groups is 2. The lowest BCUT2D eigenvalue weighted by Gasteiger charge is -2.32. The molecule has 1 aromatic heterocycles. The maximum Gasteiger partial charge on any atom is 0.416 e. The summed E-state index contributed by atoms with van der Waals surface area (Å²) in [4.78, 5) is 27.6. The van der Waals surface area contributed by atoms with Gasteiger partial charge in [-0.2, -0.15) is 24.0 Å². The van der Waals surface area contributed by atoms with E-state index >= 15 is 0 Å². The molecule has 0 spiro atoms. The molecule has 1 saturated heterocycles. The van der Waals surface area contributed by atoms with Crippen molar-refractivity contribution in [2.24, 2.45) is 15.8 Å². The third-order valence-electron chi connectivity index (χ3n) is 6.43. The molecule has 0 saturated carbocycles. The van der Waals surface area contributed by atoms with Crippen LogP contribution in [0.1, 0.15) is 21.5 Å². The summed E-state index contributed by atoms with van der Waals surface area (Å²) in [6, 6.07) is 8.01. The highest BCUT2D eigenvalue weighted by Gasteiger charge is 2.46. The van der Waals surface area contributed by atoms with Crippen LogP contribution in [0.4, 0.5) is 19.0 Å². The first-order valence-electron chi connectivity index (χ1n) is 11.8. The number of nitrogens with one attached hydrogen (secondary N) is 1. The molecule has 1 aromatic carbocycles. The number of pyridine rings is 1. The predicted octanol–water partition coefficient (Wildman–Crippen LogP) is 2.26. The highest BCUT2D eigenvalue weighted by Crippen LogP contribution is 2.34. The largest absolute Gasteiger partial charge is 0.416 e. The van der Waals surface area contributed by atoms with E-state index in [-0.39, 0.29) is 28.7 Å². The Balaban J connectivity index is 1.37. The number of β-amino-alcohol motifs (C(OH)–C–C–N with tert-alkyl or cyclic N) is 1. The molecular weight excluding hydrogens is 503 g/mol. The molecule has 2 unspecified atom stereocenters. The third kappa shape index (κ3) is 5.01. The van der Waals surface area contributed by atoms with Crippen molar-refractivity contribution < 1.29 is 32.4 Å². The minimum absolute atomic E-state index is 0.0397. The van der Waals surface area contributed by atoms with Crippen LogP contribution >= 0.6 is 0 Å². The normalized spacial score (nSPS) is 23.4. The second-order valence-corrected chi connectivity index (χ2v) is 8.90. The lowest BCUT2D eigenvalue weighted by atomic mass is 10.1.